The van der Waals surface area contributed by atoms with Crippen LogP contribution in [0.1, 0.15) is 19.4 Å². The van der Waals surface area contributed by atoms with Crippen LogP contribution in [0.3, 0.4) is 0 Å². The number of hydrogen-bond acceptors (Lipinski definition) is 0. The van der Waals surface area contributed by atoms with Gasteiger partial charge in [-0.05, 0) is 25.0 Å². The Hall–Kier alpha value is -0.430. The third kappa shape index (κ3) is 2.07. The van der Waals surface area contributed by atoms with Crippen LogP contribution in [0.2, 0.25) is 0 Å². The second-order valence-electron chi connectivity index (χ2n) is 2.20. The van der Waals surface area contributed by atoms with Crippen LogP contribution >= 0.6 is 12.4 Å². The van der Waals surface area contributed by atoms with Crippen LogP contribution in [-0.2, 0) is 13.0 Å². The third-order valence-electron chi connectivity index (χ3n) is 1.59. The van der Waals surface area contributed by atoms with Crippen molar-refractivity contribution in [2.24, 2.45) is 0 Å². The quantitative estimate of drug-likeness (QED) is 0.625. The van der Waals surface area contributed by atoms with E-state index in [-0.39, 0.29) is 12.4 Å². The maximum atomic E-state index is 2.19. The topological polar surface area (TPSA) is 4.93 Å². The van der Waals surface area contributed by atoms with Gasteiger partial charge in [-0.3, -0.25) is 0 Å². The minimum absolute atomic E-state index is 0. The standard InChI is InChI=1S/C8H13N.ClH/c1-3-8-5-6-9(4-2)7-8;/h5-7H,3-4H2,1-2H3;1H. The highest BCUT2D eigenvalue weighted by atomic mass is 35.5. The van der Waals surface area contributed by atoms with Crippen molar-refractivity contribution in [1.29, 1.82) is 0 Å². The van der Waals surface area contributed by atoms with Crippen LogP contribution in [0.5, 0.6) is 0 Å². The maximum Gasteiger partial charge on any atom is 0.0191 e. The van der Waals surface area contributed by atoms with E-state index in [1.165, 1.54) is 5.56 Å². The fourth-order valence-corrected chi connectivity index (χ4v) is 0.896. The molecule has 0 bridgehead atoms. The Morgan fingerprint density at radius 2 is 2.10 bits per heavy atom. The van der Waals surface area contributed by atoms with Crippen molar-refractivity contribution >= 4 is 12.4 Å². The summed E-state index contributed by atoms with van der Waals surface area (Å²) in [6.45, 7) is 5.41. The van der Waals surface area contributed by atoms with Gasteiger partial charge in [0.2, 0.25) is 0 Å². The number of rotatable bonds is 2. The molecule has 0 spiro atoms. The van der Waals surface area contributed by atoms with E-state index >= 15 is 0 Å². The Kier molecular flexibility index (Phi) is 4.21. The monoisotopic (exact) mass is 159 g/mol. The van der Waals surface area contributed by atoms with E-state index in [0.717, 1.165) is 13.0 Å². The van der Waals surface area contributed by atoms with Gasteiger partial charge in [0.1, 0.15) is 0 Å². The van der Waals surface area contributed by atoms with Gasteiger partial charge in [-0.2, -0.15) is 0 Å². The van der Waals surface area contributed by atoms with E-state index in [1.54, 1.807) is 0 Å². The van der Waals surface area contributed by atoms with Crippen molar-refractivity contribution in [2.75, 3.05) is 0 Å². The van der Waals surface area contributed by atoms with E-state index in [4.69, 9.17) is 0 Å². The first-order valence-electron chi connectivity index (χ1n) is 3.51. The molecule has 0 saturated heterocycles. The lowest BCUT2D eigenvalue weighted by Gasteiger charge is -1.91. The van der Waals surface area contributed by atoms with E-state index in [0.29, 0.717) is 0 Å². The van der Waals surface area contributed by atoms with Crippen LogP contribution in [0.15, 0.2) is 18.5 Å². The molecule has 1 rings (SSSR count). The fourth-order valence-electron chi connectivity index (χ4n) is 0.896. The van der Waals surface area contributed by atoms with Crippen LogP contribution in [-0.4, -0.2) is 4.57 Å². The van der Waals surface area contributed by atoms with Crippen LogP contribution in [0, 0.1) is 0 Å². The Morgan fingerprint density at radius 1 is 1.40 bits per heavy atom. The minimum atomic E-state index is 0. The van der Waals surface area contributed by atoms with Crippen molar-refractivity contribution in [1.82, 2.24) is 4.57 Å². The van der Waals surface area contributed by atoms with Gasteiger partial charge in [0.25, 0.3) is 0 Å². The Morgan fingerprint density at radius 3 is 2.40 bits per heavy atom. The summed E-state index contributed by atoms with van der Waals surface area (Å²) in [4.78, 5) is 0. The molecule has 10 heavy (non-hydrogen) atoms. The first-order chi connectivity index (χ1) is 4.36. The number of halogens is 1. The van der Waals surface area contributed by atoms with Gasteiger partial charge in [-0.25, -0.2) is 0 Å². The van der Waals surface area contributed by atoms with Gasteiger partial charge in [0.05, 0.1) is 0 Å². The number of aryl methyl sites for hydroxylation is 2. The largest absolute Gasteiger partial charge is 0.354 e. The predicted molar refractivity (Wildman–Crippen MR) is 46.7 cm³/mol. The molecule has 0 amide bonds. The lowest BCUT2D eigenvalue weighted by molar-refractivity contribution is 0.766. The molecule has 0 aliphatic carbocycles. The Balaban J connectivity index is 0.000000810. The minimum Gasteiger partial charge on any atom is -0.354 e. The molecule has 1 nitrogen and oxygen atoms in total. The number of hydrogen-bond donors (Lipinski definition) is 0. The molecule has 0 aliphatic rings. The zero-order valence-electron chi connectivity index (χ0n) is 6.50. The molecule has 0 saturated carbocycles. The molecule has 0 atom stereocenters. The highest BCUT2D eigenvalue weighted by molar-refractivity contribution is 5.85. The summed E-state index contributed by atoms with van der Waals surface area (Å²) >= 11 is 0. The second-order valence-corrected chi connectivity index (χ2v) is 2.20. The zero-order valence-corrected chi connectivity index (χ0v) is 7.32. The summed E-state index contributed by atoms with van der Waals surface area (Å²) in [6.07, 6.45) is 5.46. The van der Waals surface area contributed by atoms with E-state index in [2.05, 4.69) is 36.9 Å². The molecule has 2 heteroatoms. The van der Waals surface area contributed by atoms with Crippen LogP contribution in [0.25, 0.3) is 0 Å². The summed E-state index contributed by atoms with van der Waals surface area (Å²) in [7, 11) is 0. The maximum absolute atomic E-state index is 2.19. The van der Waals surface area contributed by atoms with Crippen molar-refractivity contribution in [2.45, 2.75) is 26.8 Å². The first kappa shape index (κ1) is 9.57. The molecule has 0 N–H and O–H groups in total. The summed E-state index contributed by atoms with van der Waals surface area (Å²) in [5.74, 6) is 0. The van der Waals surface area contributed by atoms with E-state index in [1.807, 2.05) is 0 Å². The molecule has 0 aromatic carbocycles. The summed E-state index contributed by atoms with van der Waals surface area (Å²) in [5, 5.41) is 0. The molecule has 1 aromatic heterocycles. The summed E-state index contributed by atoms with van der Waals surface area (Å²) in [6, 6.07) is 2.17. The van der Waals surface area contributed by atoms with Gasteiger partial charge in [-0.15, -0.1) is 12.4 Å². The molecular weight excluding hydrogens is 146 g/mol. The van der Waals surface area contributed by atoms with Gasteiger partial charge in [0.15, 0.2) is 0 Å². The molecule has 0 radical (unpaired) electrons. The summed E-state index contributed by atoms with van der Waals surface area (Å²) in [5.41, 5.74) is 1.43. The van der Waals surface area contributed by atoms with E-state index in [9.17, 15) is 0 Å². The lowest BCUT2D eigenvalue weighted by atomic mass is 10.3. The molecular formula is C8H14ClN. The van der Waals surface area contributed by atoms with Crippen molar-refractivity contribution < 1.29 is 0 Å². The average Bonchev–Trinajstić information content (AvgIpc) is 2.34. The van der Waals surface area contributed by atoms with Crippen LogP contribution in [0.4, 0.5) is 0 Å². The van der Waals surface area contributed by atoms with Gasteiger partial charge in [-0.1, -0.05) is 6.92 Å². The van der Waals surface area contributed by atoms with Crippen LogP contribution < -0.4 is 0 Å². The molecule has 1 aromatic rings. The average molecular weight is 160 g/mol. The molecule has 0 fully saturated rings. The van der Waals surface area contributed by atoms with Gasteiger partial charge < -0.3 is 4.57 Å². The van der Waals surface area contributed by atoms with Crippen molar-refractivity contribution in [3.05, 3.63) is 24.0 Å². The highest BCUT2D eigenvalue weighted by Crippen LogP contribution is 2.00. The first-order valence-corrected chi connectivity index (χ1v) is 3.51. The van der Waals surface area contributed by atoms with E-state index < -0.39 is 0 Å². The SMILES string of the molecule is CCc1ccn(CC)c1.Cl. The normalized spacial score (nSPS) is 9.00. The fraction of sp³-hybridized carbons (Fsp3) is 0.500. The highest BCUT2D eigenvalue weighted by Gasteiger charge is 1.89. The smallest absolute Gasteiger partial charge is 0.0191 e. The predicted octanol–water partition coefficient (Wildman–Crippen LogP) is 2.49. The number of nitrogens with zero attached hydrogens (tertiary/aromatic N) is 1. The van der Waals surface area contributed by atoms with Crippen molar-refractivity contribution in [3.8, 4) is 0 Å². The second kappa shape index (κ2) is 4.40. The van der Waals surface area contributed by atoms with Crippen molar-refractivity contribution in [3.63, 3.8) is 0 Å². The zero-order chi connectivity index (χ0) is 6.69. The molecule has 58 valence electrons. The lowest BCUT2D eigenvalue weighted by Crippen LogP contribution is -1.86. The Bertz CT molecular complexity index is 163. The molecule has 0 aliphatic heterocycles. The van der Waals surface area contributed by atoms with Gasteiger partial charge in [0, 0.05) is 18.9 Å². The third-order valence-corrected chi connectivity index (χ3v) is 1.59. The summed E-state index contributed by atoms with van der Waals surface area (Å²) < 4.78 is 2.19. The number of aromatic nitrogens is 1. The molecule has 1 heterocycles. The Labute approximate surface area is 68.5 Å². The van der Waals surface area contributed by atoms with Gasteiger partial charge >= 0.3 is 0 Å². The molecule has 0 unspecified atom stereocenters.